The molecule has 0 saturated carbocycles. The van der Waals surface area contributed by atoms with Crippen LogP contribution in [0.3, 0.4) is 0 Å². The number of carbonyl (C=O) groups is 2. The number of H-pyrrole nitrogens is 1. The number of nitrogens with one attached hydrogen (secondary N) is 5. The molecule has 0 unspecified atom stereocenters. The summed E-state index contributed by atoms with van der Waals surface area (Å²) in [6, 6.07) is 5.91. The van der Waals surface area contributed by atoms with Crippen molar-refractivity contribution in [3.05, 3.63) is 68.1 Å². The summed E-state index contributed by atoms with van der Waals surface area (Å²) >= 11 is 0. The van der Waals surface area contributed by atoms with Crippen molar-refractivity contribution in [2.24, 2.45) is 5.41 Å². The normalized spacial score (nSPS) is 18.4. The number of aromatic nitrogens is 1. The third-order valence-electron chi connectivity index (χ3n) is 8.47. The Morgan fingerprint density at radius 3 is 2.32 bits per heavy atom. The third-order valence-corrected chi connectivity index (χ3v) is 8.47. The van der Waals surface area contributed by atoms with Gasteiger partial charge in [0.25, 0.3) is 11.5 Å². The first-order valence-corrected chi connectivity index (χ1v) is 15.6. The van der Waals surface area contributed by atoms with Crippen molar-refractivity contribution in [1.82, 2.24) is 20.5 Å². The number of nitrogens with zero attached hydrogens (tertiary/aromatic N) is 1. The highest BCUT2D eigenvalue weighted by molar-refractivity contribution is 6.06. The van der Waals surface area contributed by atoms with Crippen molar-refractivity contribution in [2.75, 3.05) is 18.4 Å². The van der Waals surface area contributed by atoms with E-state index in [0.29, 0.717) is 29.8 Å². The summed E-state index contributed by atoms with van der Waals surface area (Å²) in [7, 11) is 0. The van der Waals surface area contributed by atoms with Crippen LogP contribution in [-0.4, -0.2) is 58.1 Å². The van der Waals surface area contributed by atoms with Gasteiger partial charge in [-0.05, 0) is 95.7 Å². The van der Waals surface area contributed by atoms with E-state index in [9.17, 15) is 14.4 Å². The van der Waals surface area contributed by atoms with E-state index in [1.54, 1.807) is 0 Å². The Hall–Kier alpha value is -3.72. The highest BCUT2D eigenvalue weighted by atomic mass is 16.2. The average Bonchev–Trinajstić information content (AvgIpc) is 2.89. The van der Waals surface area contributed by atoms with E-state index in [2.05, 4.69) is 60.8 Å². The molecule has 1 aromatic carbocycles. The second-order valence-electron chi connectivity index (χ2n) is 14.8. The van der Waals surface area contributed by atoms with Gasteiger partial charge in [-0.2, -0.15) is 0 Å². The van der Waals surface area contributed by atoms with Crippen LogP contribution in [0.4, 0.5) is 5.69 Å². The molecular formula is C35H50N6O3. The van der Waals surface area contributed by atoms with Gasteiger partial charge < -0.3 is 31.2 Å². The summed E-state index contributed by atoms with van der Waals surface area (Å²) in [4.78, 5) is 44.0. The zero-order chi connectivity index (χ0) is 32.6. The molecular weight excluding hydrogens is 552 g/mol. The molecule has 2 aromatic rings. The van der Waals surface area contributed by atoms with Crippen LogP contribution in [0.15, 0.2) is 29.1 Å². The molecule has 1 fully saturated rings. The number of likely N-dealkylation sites (tertiary alicyclic amines) is 1. The molecule has 9 nitrogen and oxygen atoms in total. The van der Waals surface area contributed by atoms with E-state index in [1.165, 1.54) is 6.21 Å². The van der Waals surface area contributed by atoms with Gasteiger partial charge in [-0.3, -0.25) is 14.4 Å². The fourth-order valence-electron chi connectivity index (χ4n) is 6.69. The summed E-state index contributed by atoms with van der Waals surface area (Å²) in [5.41, 5.74) is 4.73. The van der Waals surface area contributed by atoms with Crippen LogP contribution >= 0.6 is 0 Å². The number of carbonyl (C=O) groups excluding carboxylic acids is 2. The van der Waals surface area contributed by atoms with Crippen molar-refractivity contribution < 1.29 is 9.59 Å². The number of aromatic amines is 1. The van der Waals surface area contributed by atoms with E-state index in [1.807, 2.05) is 51.7 Å². The Balaban J connectivity index is 1.69. The molecule has 2 amide bonds. The molecule has 9 heteroatoms. The molecule has 0 aliphatic carbocycles. The molecule has 2 aliphatic rings. The number of hydrogen-bond acceptors (Lipinski definition) is 6. The van der Waals surface area contributed by atoms with Crippen LogP contribution in [0.25, 0.3) is 5.57 Å². The number of pyridine rings is 1. The SMILES string of the molecule is Cc1cc(C)c(CNC(=O)c2cc(C3=CC(C)(C)NC(C)(C)C3)cc(NC3CCN(C(=O)C(C)(C)C)CC3)c2C=N)c(=O)[nH]1. The highest BCUT2D eigenvalue weighted by Crippen LogP contribution is 2.36. The monoisotopic (exact) mass is 602 g/mol. The van der Waals surface area contributed by atoms with Gasteiger partial charge in [-0.25, -0.2) is 0 Å². The van der Waals surface area contributed by atoms with Crippen LogP contribution in [0.5, 0.6) is 0 Å². The molecule has 2 aliphatic heterocycles. The molecule has 3 heterocycles. The van der Waals surface area contributed by atoms with E-state index in [4.69, 9.17) is 5.41 Å². The predicted molar refractivity (Wildman–Crippen MR) is 179 cm³/mol. The Morgan fingerprint density at radius 1 is 1.09 bits per heavy atom. The summed E-state index contributed by atoms with van der Waals surface area (Å²) in [5, 5.41) is 18.6. The zero-order valence-electron chi connectivity index (χ0n) is 27.9. The third kappa shape index (κ3) is 7.67. The van der Waals surface area contributed by atoms with Crippen molar-refractivity contribution in [1.29, 1.82) is 5.41 Å². The number of hydrogen-bond donors (Lipinski definition) is 5. The Kier molecular flexibility index (Phi) is 9.31. The first-order valence-electron chi connectivity index (χ1n) is 15.6. The van der Waals surface area contributed by atoms with Crippen molar-refractivity contribution >= 4 is 29.3 Å². The second-order valence-corrected chi connectivity index (χ2v) is 14.8. The standard InChI is InChI=1S/C35H50N6O3/c1-21-14-22(2)38-31(43)28(21)20-37-30(42)26-15-23(24-17-34(6,7)40-35(8,9)18-24)16-29(27(26)19-36)39-25-10-12-41(13-11-25)32(44)33(3,4)5/h14-17,19,25,36,39-40H,10-13,18,20H2,1-9H3,(H,37,42)(H,38,43). The van der Waals surface area contributed by atoms with Gasteiger partial charge in [0.2, 0.25) is 5.91 Å². The molecule has 1 saturated heterocycles. The molecule has 0 spiro atoms. The quantitative estimate of drug-likeness (QED) is 0.275. The number of piperidine rings is 1. The van der Waals surface area contributed by atoms with E-state index in [-0.39, 0.29) is 41.0 Å². The van der Waals surface area contributed by atoms with Gasteiger partial charge in [0.15, 0.2) is 0 Å². The van der Waals surface area contributed by atoms with Gasteiger partial charge in [0.05, 0.1) is 5.56 Å². The number of rotatable bonds is 7. The minimum absolute atomic E-state index is 0.0810. The van der Waals surface area contributed by atoms with Gasteiger partial charge in [-0.15, -0.1) is 0 Å². The first-order chi connectivity index (χ1) is 20.4. The number of amides is 2. The molecule has 1 aromatic heterocycles. The van der Waals surface area contributed by atoms with Gasteiger partial charge in [0.1, 0.15) is 0 Å². The molecule has 0 radical (unpaired) electrons. The van der Waals surface area contributed by atoms with Crippen LogP contribution in [-0.2, 0) is 11.3 Å². The predicted octanol–water partition coefficient (Wildman–Crippen LogP) is 5.30. The largest absolute Gasteiger partial charge is 0.382 e. The molecule has 238 valence electrons. The Morgan fingerprint density at radius 2 is 1.75 bits per heavy atom. The van der Waals surface area contributed by atoms with Crippen molar-refractivity contribution in [3.8, 4) is 0 Å². The minimum atomic E-state index is -0.420. The van der Waals surface area contributed by atoms with Crippen LogP contribution in [0, 0.1) is 24.7 Å². The smallest absolute Gasteiger partial charge is 0.253 e. The summed E-state index contributed by atoms with van der Waals surface area (Å²) in [5.74, 6) is -0.186. The molecule has 5 N–H and O–H groups in total. The topological polar surface area (TPSA) is 130 Å². The van der Waals surface area contributed by atoms with E-state index >= 15 is 0 Å². The maximum atomic E-state index is 13.8. The highest BCUT2D eigenvalue weighted by Gasteiger charge is 2.34. The van der Waals surface area contributed by atoms with Gasteiger partial charge in [0, 0.05) is 70.9 Å². The van der Waals surface area contributed by atoms with E-state index < -0.39 is 5.41 Å². The zero-order valence-corrected chi connectivity index (χ0v) is 27.9. The molecule has 0 atom stereocenters. The number of anilines is 1. The lowest BCUT2D eigenvalue weighted by Gasteiger charge is -2.41. The van der Waals surface area contributed by atoms with E-state index in [0.717, 1.165) is 47.3 Å². The fraction of sp³-hybridized carbons (Fsp3) is 0.543. The summed E-state index contributed by atoms with van der Waals surface area (Å²) in [6.45, 7) is 19.6. The second kappa shape index (κ2) is 12.3. The maximum absolute atomic E-state index is 13.8. The summed E-state index contributed by atoms with van der Waals surface area (Å²) in [6.07, 6.45) is 5.76. The molecule has 4 rings (SSSR count). The van der Waals surface area contributed by atoms with Crippen molar-refractivity contribution in [2.45, 2.75) is 105 Å². The summed E-state index contributed by atoms with van der Waals surface area (Å²) < 4.78 is 0. The Bertz CT molecular complexity index is 1530. The lowest BCUT2D eigenvalue weighted by Crippen LogP contribution is -2.53. The van der Waals surface area contributed by atoms with Crippen LogP contribution in [0.1, 0.15) is 106 Å². The average molecular weight is 603 g/mol. The number of aryl methyl sites for hydroxylation is 2. The molecule has 44 heavy (non-hydrogen) atoms. The number of benzene rings is 1. The van der Waals surface area contributed by atoms with Crippen LogP contribution in [0.2, 0.25) is 0 Å². The molecule has 0 bridgehead atoms. The van der Waals surface area contributed by atoms with Crippen LogP contribution < -0.4 is 21.5 Å². The lowest BCUT2D eigenvalue weighted by atomic mass is 9.80. The van der Waals surface area contributed by atoms with Gasteiger partial charge >= 0.3 is 0 Å². The fourth-order valence-corrected chi connectivity index (χ4v) is 6.69. The lowest BCUT2D eigenvalue weighted by molar-refractivity contribution is -0.140. The van der Waals surface area contributed by atoms with Gasteiger partial charge in [-0.1, -0.05) is 26.8 Å². The first kappa shape index (κ1) is 33.2. The van der Waals surface area contributed by atoms with Crippen molar-refractivity contribution in [3.63, 3.8) is 0 Å². The minimum Gasteiger partial charge on any atom is -0.382 e. The maximum Gasteiger partial charge on any atom is 0.253 e. The Labute approximate surface area is 261 Å².